The maximum atomic E-state index is 9.80. The summed E-state index contributed by atoms with van der Waals surface area (Å²) in [7, 11) is 0. The molecular weight excluding hydrogens is 246 g/mol. The van der Waals surface area contributed by atoms with Gasteiger partial charge in [-0.2, -0.15) is 0 Å². The molecule has 0 amide bonds. The Balaban J connectivity index is 2.07. The van der Waals surface area contributed by atoms with Gasteiger partial charge in [-0.25, -0.2) is 0 Å². The number of nitrogens with one attached hydrogen (secondary N) is 1. The van der Waals surface area contributed by atoms with E-state index >= 15 is 0 Å². The number of phenols is 1. The highest BCUT2D eigenvalue weighted by Gasteiger charge is 2.08. The van der Waals surface area contributed by atoms with Crippen LogP contribution in [0, 0.1) is 20.8 Å². The van der Waals surface area contributed by atoms with Crippen molar-refractivity contribution in [3.05, 3.63) is 64.2 Å². The van der Waals surface area contributed by atoms with Gasteiger partial charge in [0, 0.05) is 12.6 Å². The van der Waals surface area contributed by atoms with Gasteiger partial charge in [-0.3, -0.25) is 0 Å². The number of hydrogen-bond acceptors (Lipinski definition) is 2. The summed E-state index contributed by atoms with van der Waals surface area (Å²) < 4.78 is 0. The minimum atomic E-state index is 0.311. The lowest BCUT2D eigenvalue weighted by Crippen LogP contribution is -2.19. The zero-order chi connectivity index (χ0) is 14.7. The Labute approximate surface area is 121 Å². The summed E-state index contributed by atoms with van der Waals surface area (Å²) in [5, 5.41) is 13.4. The molecule has 106 valence electrons. The molecule has 1 atom stereocenters. The highest BCUT2D eigenvalue weighted by molar-refractivity contribution is 5.42. The fourth-order valence-corrected chi connectivity index (χ4v) is 2.60. The highest BCUT2D eigenvalue weighted by atomic mass is 16.3. The number of rotatable bonds is 4. The minimum absolute atomic E-state index is 0.311. The van der Waals surface area contributed by atoms with Crippen LogP contribution in [0.4, 0.5) is 0 Å². The van der Waals surface area contributed by atoms with Crippen molar-refractivity contribution in [2.75, 3.05) is 0 Å². The first-order valence-electron chi connectivity index (χ1n) is 7.07. The van der Waals surface area contributed by atoms with Crippen LogP contribution in [0.25, 0.3) is 0 Å². The van der Waals surface area contributed by atoms with Crippen molar-refractivity contribution in [3.8, 4) is 5.75 Å². The van der Waals surface area contributed by atoms with Crippen molar-refractivity contribution in [1.29, 1.82) is 0 Å². The smallest absolute Gasteiger partial charge is 0.121 e. The van der Waals surface area contributed by atoms with Crippen LogP contribution in [0.1, 0.15) is 40.8 Å². The van der Waals surface area contributed by atoms with Gasteiger partial charge in [-0.1, -0.05) is 36.4 Å². The topological polar surface area (TPSA) is 32.3 Å². The van der Waals surface area contributed by atoms with E-state index in [0.29, 0.717) is 11.8 Å². The number of aryl methyl sites for hydroxylation is 3. The van der Waals surface area contributed by atoms with E-state index in [9.17, 15) is 5.11 Å². The molecule has 0 fully saturated rings. The van der Waals surface area contributed by atoms with Gasteiger partial charge in [0.05, 0.1) is 0 Å². The summed E-state index contributed by atoms with van der Waals surface area (Å²) in [5.74, 6) is 0.403. The van der Waals surface area contributed by atoms with Gasteiger partial charge in [0.2, 0.25) is 0 Å². The van der Waals surface area contributed by atoms with Gasteiger partial charge in [-0.15, -0.1) is 0 Å². The van der Waals surface area contributed by atoms with Crippen molar-refractivity contribution >= 4 is 0 Å². The van der Waals surface area contributed by atoms with E-state index in [2.05, 4.69) is 43.4 Å². The van der Waals surface area contributed by atoms with Crippen LogP contribution in [-0.4, -0.2) is 5.11 Å². The van der Waals surface area contributed by atoms with Gasteiger partial charge >= 0.3 is 0 Å². The van der Waals surface area contributed by atoms with Crippen LogP contribution in [0.5, 0.6) is 5.75 Å². The first-order valence-corrected chi connectivity index (χ1v) is 7.07. The lowest BCUT2D eigenvalue weighted by Gasteiger charge is -2.17. The van der Waals surface area contributed by atoms with E-state index in [0.717, 1.165) is 17.7 Å². The molecule has 2 nitrogen and oxygen atoms in total. The zero-order valence-corrected chi connectivity index (χ0v) is 12.7. The molecule has 2 aromatic rings. The van der Waals surface area contributed by atoms with E-state index in [1.165, 1.54) is 16.7 Å². The van der Waals surface area contributed by atoms with E-state index in [-0.39, 0.29) is 0 Å². The molecule has 0 aliphatic carbocycles. The van der Waals surface area contributed by atoms with Crippen LogP contribution < -0.4 is 5.32 Å². The van der Waals surface area contributed by atoms with Crippen LogP contribution in [-0.2, 0) is 6.54 Å². The molecule has 0 saturated heterocycles. The number of phenolic OH excluding ortho intramolecular Hbond substituents is 1. The molecule has 0 aromatic heterocycles. The Bertz CT molecular complexity index is 581. The van der Waals surface area contributed by atoms with Gasteiger partial charge in [0.15, 0.2) is 0 Å². The Morgan fingerprint density at radius 2 is 1.60 bits per heavy atom. The van der Waals surface area contributed by atoms with Crippen LogP contribution >= 0.6 is 0 Å². The number of hydrogen-bond donors (Lipinski definition) is 2. The standard InChI is InChI=1S/C18H23NO/c1-12-7-5-6-8-17(12)15(4)19-11-16-9-13(2)18(20)14(3)10-16/h5-10,15,19-20H,11H2,1-4H3/t15-/m0/s1. The maximum Gasteiger partial charge on any atom is 0.121 e. The van der Waals surface area contributed by atoms with Gasteiger partial charge in [0.1, 0.15) is 5.75 Å². The Morgan fingerprint density at radius 1 is 1.00 bits per heavy atom. The molecule has 0 heterocycles. The predicted octanol–water partition coefficient (Wildman–Crippen LogP) is 4.17. The SMILES string of the molecule is Cc1ccccc1[C@H](C)NCc1cc(C)c(O)c(C)c1. The molecule has 20 heavy (non-hydrogen) atoms. The third kappa shape index (κ3) is 3.20. The summed E-state index contributed by atoms with van der Waals surface area (Å²) >= 11 is 0. The van der Waals surface area contributed by atoms with Crippen molar-refractivity contribution in [2.45, 2.75) is 40.3 Å². The second kappa shape index (κ2) is 6.10. The first kappa shape index (κ1) is 14.6. The van der Waals surface area contributed by atoms with Crippen LogP contribution in [0.15, 0.2) is 36.4 Å². The van der Waals surface area contributed by atoms with Crippen molar-refractivity contribution in [1.82, 2.24) is 5.32 Å². The molecule has 0 unspecified atom stereocenters. The largest absolute Gasteiger partial charge is 0.507 e. The average Bonchev–Trinajstić information content (AvgIpc) is 2.42. The third-order valence-corrected chi connectivity index (χ3v) is 3.82. The molecular formula is C18H23NO. The monoisotopic (exact) mass is 269 g/mol. The molecule has 0 bridgehead atoms. The van der Waals surface area contributed by atoms with Crippen molar-refractivity contribution in [3.63, 3.8) is 0 Å². The fourth-order valence-electron chi connectivity index (χ4n) is 2.60. The van der Waals surface area contributed by atoms with Gasteiger partial charge in [0.25, 0.3) is 0 Å². The molecule has 0 aliphatic rings. The lowest BCUT2D eigenvalue weighted by atomic mass is 10.0. The quantitative estimate of drug-likeness (QED) is 0.873. The molecule has 0 spiro atoms. The molecule has 2 N–H and O–H groups in total. The molecule has 0 aliphatic heterocycles. The Morgan fingerprint density at radius 3 is 2.20 bits per heavy atom. The van der Waals surface area contributed by atoms with E-state index < -0.39 is 0 Å². The summed E-state index contributed by atoms with van der Waals surface area (Å²) in [6.07, 6.45) is 0. The van der Waals surface area contributed by atoms with Gasteiger partial charge < -0.3 is 10.4 Å². The molecule has 0 radical (unpaired) electrons. The lowest BCUT2D eigenvalue weighted by molar-refractivity contribution is 0.466. The first-order chi connectivity index (χ1) is 9.49. The summed E-state index contributed by atoms with van der Waals surface area (Å²) in [6.45, 7) is 9.01. The van der Waals surface area contributed by atoms with Crippen LogP contribution in [0.3, 0.4) is 0 Å². The molecule has 2 aromatic carbocycles. The maximum absolute atomic E-state index is 9.80. The normalized spacial score (nSPS) is 12.4. The number of benzene rings is 2. The Hall–Kier alpha value is -1.80. The fraction of sp³-hybridized carbons (Fsp3) is 0.333. The van der Waals surface area contributed by atoms with E-state index in [1.807, 2.05) is 26.0 Å². The average molecular weight is 269 g/mol. The number of aromatic hydroxyl groups is 1. The summed E-state index contributed by atoms with van der Waals surface area (Å²) in [4.78, 5) is 0. The predicted molar refractivity (Wildman–Crippen MR) is 84.0 cm³/mol. The minimum Gasteiger partial charge on any atom is -0.507 e. The van der Waals surface area contributed by atoms with E-state index in [4.69, 9.17) is 0 Å². The Kier molecular flexibility index (Phi) is 4.46. The molecule has 0 saturated carbocycles. The third-order valence-electron chi connectivity index (χ3n) is 3.82. The van der Waals surface area contributed by atoms with Gasteiger partial charge in [-0.05, 0) is 55.5 Å². The van der Waals surface area contributed by atoms with Crippen molar-refractivity contribution < 1.29 is 5.11 Å². The second-order valence-corrected chi connectivity index (χ2v) is 5.54. The molecule has 2 rings (SSSR count). The van der Waals surface area contributed by atoms with E-state index in [1.54, 1.807) is 0 Å². The van der Waals surface area contributed by atoms with Crippen LogP contribution in [0.2, 0.25) is 0 Å². The zero-order valence-electron chi connectivity index (χ0n) is 12.7. The van der Waals surface area contributed by atoms with Crippen molar-refractivity contribution in [2.24, 2.45) is 0 Å². The summed E-state index contributed by atoms with van der Waals surface area (Å²) in [5.41, 5.74) is 5.72. The molecule has 2 heteroatoms. The summed E-state index contributed by atoms with van der Waals surface area (Å²) in [6, 6.07) is 12.8. The second-order valence-electron chi connectivity index (χ2n) is 5.54. The highest BCUT2D eigenvalue weighted by Crippen LogP contribution is 2.23.